The van der Waals surface area contributed by atoms with Crippen molar-refractivity contribution in [2.24, 2.45) is 11.7 Å². The molecule has 18 heavy (non-hydrogen) atoms. The van der Waals surface area contributed by atoms with Gasteiger partial charge in [0.05, 0.1) is 6.10 Å². The Morgan fingerprint density at radius 2 is 2.06 bits per heavy atom. The molecule has 1 aliphatic carbocycles. The van der Waals surface area contributed by atoms with Gasteiger partial charge in [0.15, 0.2) is 0 Å². The molecule has 98 valence electrons. The van der Waals surface area contributed by atoms with Crippen LogP contribution in [0.25, 0.3) is 0 Å². The molecule has 0 radical (unpaired) electrons. The van der Waals surface area contributed by atoms with Crippen molar-refractivity contribution in [1.29, 1.82) is 0 Å². The minimum atomic E-state index is -0.941. The summed E-state index contributed by atoms with van der Waals surface area (Å²) in [4.78, 5) is 11.2. The molecule has 0 amide bonds. The van der Waals surface area contributed by atoms with E-state index < -0.39 is 18.0 Å². The summed E-state index contributed by atoms with van der Waals surface area (Å²) >= 11 is 0. The van der Waals surface area contributed by atoms with Crippen molar-refractivity contribution in [2.75, 3.05) is 0 Å². The van der Waals surface area contributed by atoms with Gasteiger partial charge in [-0.25, -0.2) is 4.39 Å². The van der Waals surface area contributed by atoms with E-state index in [1.807, 2.05) is 13.8 Å². The Hall–Kier alpha value is -1.26. The minimum Gasteiger partial charge on any atom is -0.387 e. The van der Waals surface area contributed by atoms with Crippen LogP contribution in [-0.4, -0.2) is 16.9 Å². The van der Waals surface area contributed by atoms with Crippen molar-refractivity contribution < 1.29 is 14.3 Å². The summed E-state index contributed by atoms with van der Waals surface area (Å²) < 4.78 is 13.3. The van der Waals surface area contributed by atoms with Gasteiger partial charge in [-0.05, 0) is 29.2 Å². The Balaban J connectivity index is 2.35. The fourth-order valence-corrected chi connectivity index (χ4v) is 2.12. The summed E-state index contributed by atoms with van der Waals surface area (Å²) in [7, 11) is 0. The number of ketones is 1. The van der Waals surface area contributed by atoms with Crippen molar-refractivity contribution >= 4 is 5.78 Å². The number of hydrogen-bond donors (Lipinski definition) is 2. The lowest BCUT2D eigenvalue weighted by molar-refractivity contribution is -0.110. The van der Waals surface area contributed by atoms with Gasteiger partial charge in [-0.2, -0.15) is 0 Å². The van der Waals surface area contributed by atoms with Gasteiger partial charge in [0.25, 0.3) is 0 Å². The average Bonchev–Trinajstić information content (AvgIpc) is 3.04. The predicted octanol–water partition coefficient (Wildman–Crippen LogP) is 1.90. The summed E-state index contributed by atoms with van der Waals surface area (Å²) in [5, 5.41) is 10.2. The largest absolute Gasteiger partial charge is 0.387 e. The molecule has 1 saturated carbocycles. The average molecular weight is 251 g/mol. The first-order valence-electron chi connectivity index (χ1n) is 6.17. The SMILES string of the molecule is CC(C)[C@H](N)C(O)c1cc(F)ccc1C1CC1=O. The summed E-state index contributed by atoms with van der Waals surface area (Å²) in [6.07, 6.45) is -0.466. The highest BCUT2D eigenvalue weighted by Gasteiger charge is 2.39. The van der Waals surface area contributed by atoms with Crippen LogP contribution in [0.2, 0.25) is 0 Å². The molecule has 3 nitrogen and oxygen atoms in total. The van der Waals surface area contributed by atoms with E-state index in [-0.39, 0.29) is 17.6 Å². The van der Waals surface area contributed by atoms with E-state index in [9.17, 15) is 14.3 Å². The zero-order valence-electron chi connectivity index (χ0n) is 10.6. The van der Waals surface area contributed by atoms with Crippen LogP contribution in [-0.2, 0) is 4.79 Å². The molecule has 2 rings (SSSR count). The second-order valence-electron chi connectivity index (χ2n) is 5.26. The molecule has 0 heterocycles. The minimum absolute atomic E-state index is 0.0750. The van der Waals surface area contributed by atoms with E-state index in [0.717, 1.165) is 0 Å². The van der Waals surface area contributed by atoms with Gasteiger partial charge in [0.2, 0.25) is 0 Å². The fraction of sp³-hybridized carbons (Fsp3) is 0.500. The van der Waals surface area contributed by atoms with Crippen molar-refractivity contribution in [3.05, 3.63) is 35.1 Å². The molecule has 1 fully saturated rings. The molecule has 2 unspecified atom stereocenters. The van der Waals surface area contributed by atoms with Gasteiger partial charge in [-0.3, -0.25) is 4.79 Å². The second-order valence-corrected chi connectivity index (χ2v) is 5.26. The second kappa shape index (κ2) is 4.78. The summed E-state index contributed by atoms with van der Waals surface area (Å²) in [5.41, 5.74) is 7.07. The topological polar surface area (TPSA) is 63.3 Å². The summed E-state index contributed by atoms with van der Waals surface area (Å²) in [6, 6.07) is 3.71. The molecule has 4 heteroatoms. The monoisotopic (exact) mass is 251 g/mol. The van der Waals surface area contributed by atoms with E-state index in [1.165, 1.54) is 12.1 Å². The van der Waals surface area contributed by atoms with Crippen LogP contribution in [0, 0.1) is 11.7 Å². The maximum absolute atomic E-state index is 13.3. The molecular formula is C14H18FNO2. The van der Waals surface area contributed by atoms with Crippen LogP contribution in [0.4, 0.5) is 4.39 Å². The highest BCUT2D eigenvalue weighted by molar-refractivity contribution is 6.01. The first kappa shape index (κ1) is 13.2. The number of benzene rings is 1. The molecule has 0 bridgehead atoms. The Bertz CT molecular complexity index is 473. The normalized spacial score (nSPS) is 22.1. The maximum Gasteiger partial charge on any atom is 0.141 e. The van der Waals surface area contributed by atoms with Gasteiger partial charge >= 0.3 is 0 Å². The third-order valence-electron chi connectivity index (χ3n) is 3.51. The molecule has 1 aromatic rings. The quantitative estimate of drug-likeness (QED) is 0.859. The van der Waals surface area contributed by atoms with Gasteiger partial charge in [0, 0.05) is 18.4 Å². The molecule has 1 aliphatic rings. The molecule has 3 atom stereocenters. The standard InChI is InChI=1S/C14H18FNO2/c1-7(2)13(16)14(18)11-5-8(15)3-4-9(11)10-6-12(10)17/h3-5,7,10,13-14,18H,6,16H2,1-2H3/t10?,13-,14?/m0/s1. The lowest BCUT2D eigenvalue weighted by Gasteiger charge is -2.24. The van der Waals surface area contributed by atoms with Crippen molar-refractivity contribution in [3.63, 3.8) is 0 Å². The molecule has 3 N–H and O–H groups in total. The number of carbonyl (C=O) groups is 1. The molecule has 0 aromatic heterocycles. The third-order valence-corrected chi connectivity index (χ3v) is 3.51. The van der Waals surface area contributed by atoms with Gasteiger partial charge in [-0.15, -0.1) is 0 Å². The number of aliphatic hydroxyl groups is 1. The zero-order chi connectivity index (χ0) is 13.4. The lowest BCUT2D eigenvalue weighted by atomic mass is 9.90. The molecule has 0 aliphatic heterocycles. The Morgan fingerprint density at radius 1 is 1.44 bits per heavy atom. The van der Waals surface area contributed by atoms with E-state index in [0.29, 0.717) is 17.5 Å². The number of Topliss-reactive ketones (excluding diaryl/α,β-unsaturated/α-hetero) is 1. The Kier molecular flexibility index (Phi) is 3.50. The van der Waals surface area contributed by atoms with Gasteiger partial charge in [0.1, 0.15) is 11.6 Å². The first-order valence-corrected chi connectivity index (χ1v) is 6.17. The van der Waals surface area contributed by atoms with Crippen LogP contribution in [0.5, 0.6) is 0 Å². The van der Waals surface area contributed by atoms with E-state index in [4.69, 9.17) is 5.73 Å². The van der Waals surface area contributed by atoms with Crippen LogP contribution in [0.1, 0.15) is 43.4 Å². The zero-order valence-corrected chi connectivity index (χ0v) is 10.6. The van der Waals surface area contributed by atoms with Crippen LogP contribution >= 0.6 is 0 Å². The van der Waals surface area contributed by atoms with Crippen LogP contribution < -0.4 is 5.73 Å². The third kappa shape index (κ3) is 2.44. The summed E-state index contributed by atoms with van der Waals surface area (Å²) in [6.45, 7) is 3.80. The molecule has 0 saturated heterocycles. The fourth-order valence-electron chi connectivity index (χ4n) is 2.12. The number of hydrogen-bond acceptors (Lipinski definition) is 3. The lowest BCUT2D eigenvalue weighted by Crippen LogP contribution is -2.34. The number of carbonyl (C=O) groups excluding carboxylic acids is 1. The van der Waals surface area contributed by atoms with E-state index >= 15 is 0 Å². The van der Waals surface area contributed by atoms with Crippen molar-refractivity contribution in [3.8, 4) is 0 Å². The number of rotatable bonds is 4. The summed E-state index contributed by atoms with van der Waals surface area (Å²) in [5.74, 6) is -0.398. The van der Waals surface area contributed by atoms with Crippen molar-refractivity contribution in [1.82, 2.24) is 0 Å². The van der Waals surface area contributed by atoms with E-state index in [1.54, 1.807) is 6.07 Å². The smallest absolute Gasteiger partial charge is 0.141 e. The Morgan fingerprint density at radius 3 is 2.56 bits per heavy atom. The molecular weight excluding hydrogens is 233 g/mol. The molecule has 0 spiro atoms. The van der Waals surface area contributed by atoms with Gasteiger partial charge in [-0.1, -0.05) is 19.9 Å². The number of halogens is 1. The maximum atomic E-state index is 13.3. The predicted molar refractivity (Wildman–Crippen MR) is 66.5 cm³/mol. The van der Waals surface area contributed by atoms with E-state index in [2.05, 4.69) is 0 Å². The Labute approximate surface area is 106 Å². The first-order chi connectivity index (χ1) is 8.41. The van der Waals surface area contributed by atoms with Gasteiger partial charge < -0.3 is 10.8 Å². The van der Waals surface area contributed by atoms with Crippen molar-refractivity contribution in [2.45, 2.75) is 38.3 Å². The highest BCUT2D eigenvalue weighted by Crippen LogP contribution is 2.40. The molecule has 1 aromatic carbocycles. The highest BCUT2D eigenvalue weighted by atomic mass is 19.1. The van der Waals surface area contributed by atoms with Crippen LogP contribution in [0.3, 0.4) is 0 Å². The number of nitrogens with two attached hydrogens (primary N) is 1. The van der Waals surface area contributed by atoms with Crippen LogP contribution in [0.15, 0.2) is 18.2 Å². The number of aliphatic hydroxyl groups excluding tert-OH is 1.